The molecule has 0 fully saturated rings. The van der Waals surface area contributed by atoms with Crippen LogP contribution in [0.1, 0.15) is 27.6 Å². The zero-order valence-corrected chi connectivity index (χ0v) is 13.2. The number of halogens is 1. The molecule has 0 aromatic heterocycles. The van der Waals surface area contributed by atoms with Gasteiger partial charge >= 0.3 is 0 Å². The Morgan fingerprint density at radius 3 is 2.68 bits per heavy atom. The Balaban J connectivity index is 2.09. The summed E-state index contributed by atoms with van der Waals surface area (Å²) in [6, 6.07) is 12.5. The summed E-state index contributed by atoms with van der Waals surface area (Å²) in [5.41, 5.74) is 2.03. The van der Waals surface area contributed by atoms with Crippen LogP contribution in [0, 0.1) is 6.92 Å². The van der Waals surface area contributed by atoms with Crippen LogP contribution < -0.4 is 10.1 Å². The average Bonchev–Trinajstić information content (AvgIpc) is 2.52. The van der Waals surface area contributed by atoms with E-state index in [1.165, 1.54) is 7.11 Å². The Kier molecular flexibility index (Phi) is 5.41. The van der Waals surface area contributed by atoms with E-state index in [1.807, 2.05) is 31.2 Å². The first-order valence-electron chi connectivity index (χ1n) is 6.89. The maximum Gasteiger partial charge on any atom is 0.256 e. The summed E-state index contributed by atoms with van der Waals surface area (Å²) >= 11 is 6.06. The van der Waals surface area contributed by atoms with E-state index in [0.29, 0.717) is 10.8 Å². The molecule has 1 amide bonds. The highest BCUT2D eigenvalue weighted by molar-refractivity contribution is 6.34. The van der Waals surface area contributed by atoms with Gasteiger partial charge < -0.3 is 15.2 Å². The molecule has 2 rings (SSSR count). The molecule has 5 heteroatoms. The van der Waals surface area contributed by atoms with Crippen LogP contribution in [0.15, 0.2) is 42.5 Å². The van der Waals surface area contributed by atoms with Crippen LogP contribution in [0.5, 0.6) is 5.75 Å². The Morgan fingerprint density at radius 2 is 2.00 bits per heavy atom. The van der Waals surface area contributed by atoms with Gasteiger partial charge in [0.2, 0.25) is 0 Å². The molecular weight excluding hydrogens is 302 g/mol. The topological polar surface area (TPSA) is 58.6 Å². The van der Waals surface area contributed by atoms with Crippen molar-refractivity contribution >= 4 is 17.5 Å². The fourth-order valence-corrected chi connectivity index (χ4v) is 2.49. The number of hydrogen-bond acceptors (Lipinski definition) is 3. The minimum atomic E-state index is -0.779. The Labute approximate surface area is 134 Å². The number of hydrogen-bond donors (Lipinski definition) is 2. The first-order valence-corrected chi connectivity index (χ1v) is 7.26. The summed E-state index contributed by atoms with van der Waals surface area (Å²) in [6.45, 7) is 2.01. The molecule has 0 aliphatic rings. The number of aliphatic hydroxyl groups is 1. The number of ether oxygens (including phenoxy) is 1. The van der Waals surface area contributed by atoms with Crippen molar-refractivity contribution in [2.24, 2.45) is 0 Å². The SMILES string of the molecule is COc1cccc(Cl)c1C(=O)NCC(O)c1ccccc1C. The molecule has 0 aliphatic carbocycles. The lowest BCUT2D eigenvalue weighted by molar-refractivity contribution is 0.0913. The van der Waals surface area contributed by atoms with E-state index in [2.05, 4.69) is 5.32 Å². The van der Waals surface area contributed by atoms with Gasteiger partial charge in [0.25, 0.3) is 5.91 Å². The molecule has 2 aromatic carbocycles. The van der Waals surface area contributed by atoms with Crippen LogP contribution in [0.3, 0.4) is 0 Å². The highest BCUT2D eigenvalue weighted by atomic mass is 35.5. The lowest BCUT2D eigenvalue weighted by atomic mass is 10.0. The highest BCUT2D eigenvalue weighted by Crippen LogP contribution is 2.26. The van der Waals surface area contributed by atoms with Crippen molar-refractivity contribution in [2.45, 2.75) is 13.0 Å². The smallest absolute Gasteiger partial charge is 0.256 e. The third-order valence-electron chi connectivity index (χ3n) is 3.43. The van der Waals surface area contributed by atoms with Crippen molar-refractivity contribution in [1.82, 2.24) is 5.32 Å². The molecule has 0 bridgehead atoms. The second-order valence-corrected chi connectivity index (χ2v) is 5.31. The number of amides is 1. The number of carbonyl (C=O) groups excluding carboxylic acids is 1. The van der Waals surface area contributed by atoms with E-state index < -0.39 is 6.10 Å². The number of methoxy groups -OCH3 is 1. The molecule has 0 aliphatic heterocycles. The number of aliphatic hydroxyl groups excluding tert-OH is 1. The molecule has 0 saturated heterocycles. The number of rotatable bonds is 5. The standard InChI is InChI=1S/C17H18ClNO3/c1-11-6-3-4-7-12(11)14(20)10-19-17(21)16-13(18)8-5-9-15(16)22-2/h3-9,14,20H,10H2,1-2H3,(H,19,21). The predicted molar refractivity (Wildman–Crippen MR) is 86.5 cm³/mol. The van der Waals surface area contributed by atoms with E-state index in [0.717, 1.165) is 11.1 Å². The van der Waals surface area contributed by atoms with Crippen LogP contribution in [0.4, 0.5) is 0 Å². The van der Waals surface area contributed by atoms with Crippen molar-refractivity contribution in [3.05, 3.63) is 64.2 Å². The number of carbonyl (C=O) groups is 1. The van der Waals surface area contributed by atoms with Gasteiger partial charge in [0.05, 0.1) is 23.8 Å². The van der Waals surface area contributed by atoms with Crippen LogP contribution in [-0.4, -0.2) is 24.7 Å². The molecule has 1 atom stereocenters. The van der Waals surface area contributed by atoms with E-state index in [1.54, 1.807) is 18.2 Å². The molecule has 116 valence electrons. The fraction of sp³-hybridized carbons (Fsp3) is 0.235. The predicted octanol–water partition coefficient (Wildman–Crippen LogP) is 3.12. The second-order valence-electron chi connectivity index (χ2n) is 4.90. The molecule has 2 N–H and O–H groups in total. The maximum absolute atomic E-state index is 12.3. The van der Waals surface area contributed by atoms with Gasteiger partial charge in [-0.2, -0.15) is 0 Å². The van der Waals surface area contributed by atoms with Gasteiger partial charge in [-0.05, 0) is 30.2 Å². The summed E-state index contributed by atoms with van der Waals surface area (Å²) in [5.74, 6) is 0.0189. The summed E-state index contributed by atoms with van der Waals surface area (Å²) in [5, 5.41) is 13.2. The van der Waals surface area contributed by atoms with E-state index >= 15 is 0 Å². The number of benzene rings is 2. The molecule has 0 radical (unpaired) electrons. The van der Waals surface area contributed by atoms with Crippen molar-refractivity contribution in [2.75, 3.05) is 13.7 Å². The van der Waals surface area contributed by atoms with Gasteiger partial charge in [-0.3, -0.25) is 4.79 Å². The lowest BCUT2D eigenvalue weighted by Crippen LogP contribution is -2.29. The Hall–Kier alpha value is -2.04. The molecule has 1 unspecified atom stereocenters. The Bertz CT molecular complexity index is 673. The molecule has 0 saturated carbocycles. The van der Waals surface area contributed by atoms with Gasteiger partial charge in [-0.1, -0.05) is 41.9 Å². The van der Waals surface area contributed by atoms with Gasteiger partial charge in [-0.25, -0.2) is 0 Å². The van der Waals surface area contributed by atoms with E-state index in [4.69, 9.17) is 16.3 Å². The first kappa shape index (κ1) is 16.3. The van der Waals surface area contributed by atoms with Gasteiger partial charge in [0.15, 0.2) is 0 Å². The molecule has 4 nitrogen and oxygen atoms in total. The van der Waals surface area contributed by atoms with Crippen LogP contribution >= 0.6 is 11.6 Å². The summed E-state index contributed by atoms with van der Waals surface area (Å²) in [6.07, 6.45) is -0.779. The first-order chi connectivity index (χ1) is 10.5. The van der Waals surface area contributed by atoms with Crippen molar-refractivity contribution in [3.63, 3.8) is 0 Å². The summed E-state index contributed by atoms with van der Waals surface area (Å²) < 4.78 is 5.15. The van der Waals surface area contributed by atoms with E-state index in [9.17, 15) is 9.90 Å². The normalized spacial score (nSPS) is 11.8. The van der Waals surface area contributed by atoms with Gasteiger partial charge in [-0.15, -0.1) is 0 Å². The zero-order valence-electron chi connectivity index (χ0n) is 12.5. The third-order valence-corrected chi connectivity index (χ3v) is 3.74. The minimum Gasteiger partial charge on any atom is -0.496 e. The third kappa shape index (κ3) is 3.59. The highest BCUT2D eigenvalue weighted by Gasteiger charge is 2.18. The fourth-order valence-electron chi connectivity index (χ4n) is 2.24. The quantitative estimate of drug-likeness (QED) is 0.890. The van der Waals surface area contributed by atoms with Crippen molar-refractivity contribution < 1.29 is 14.6 Å². The number of aryl methyl sites for hydroxylation is 1. The van der Waals surface area contributed by atoms with Gasteiger partial charge in [0.1, 0.15) is 5.75 Å². The zero-order chi connectivity index (χ0) is 16.1. The Morgan fingerprint density at radius 1 is 1.27 bits per heavy atom. The largest absolute Gasteiger partial charge is 0.496 e. The molecule has 22 heavy (non-hydrogen) atoms. The lowest BCUT2D eigenvalue weighted by Gasteiger charge is -2.16. The summed E-state index contributed by atoms with van der Waals surface area (Å²) in [7, 11) is 1.48. The van der Waals surface area contributed by atoms with Crippen molar-refractivity contribution in [3.8, 4) is 5.75 Å². The minimum absolute atomic E-state index is 0.0953. The van der Waals surface area contributed by atoms with Crippen LogP contribution in [0.2, 0.25) is 5.02 Å². The molecular formula is C17H18ClNO3. The monoisotopic (exact) mass is 319 g/mol. The van der Waals surface area contributed by atoms with Crippen LogP contribution in [0.25, 0.3) is 0 Å². The molecule has 0 spiro atoms. The van der Waals surface area contributed by atoms with E-state index in [-0.39, 0.29) is 18.0 Å². The number of nitrogens with one attached hydrogen (secondary N) is 1. The summed E-state index contributed by atoms with van der Waals surface area (Å²) in [4.78, 5) is 12.3. The average molecular weight is 320 g/mol. The second kappa shape index (κ2) is 7.29. The molecule has 2 aromatic rings. The maximum atomic E-state index is 12.3. The van der Waals surface area contributed by atoms with Crippen LogP contribution in [-0.2, 0) is 0 Å². The van der Waals surface area contributed by atoms with Gasteiger partial charge in [0, 0.05) is 6.54 Å². The molecule has 0 heterocycles. The van der Waals surface area contributed by atoms with Crippen molar-refractivity contribution in [1.29, 1.82) is 0 Å².